The quantitative estimate of drug-likeness (QED) is 0.178. The summed E-state index contributed by atoms with van der Waals surface area (Å²) in [4.78, 5) is 0. The molecule has 9 aromatic carbocycles. The van der Waals surface area contributed by atoms with Gasteiger partial charge >= 0.3 is 0 Å². The molecule has 0 bridgehead atoms. The summed E-state index contributed by atoms with van der Waals surface area (Å²) in [6.07, 6.45) is 0. The lowest BCUT2D eigenvalue weighted by molar-refractivity contribution is 0.436. The van der Waals surface area contributed by atoms with Crippen molar-refractivity contribution in [1.82, 2.24) is 0 Å². The van der Waals surface area contributed by atoms with Gasteiger partial charge in [0.2, 0.25) is 0 Å². The fourth-order valence-corrected chi connectivity index (χ4v) is 10.5. The van der Waals surface area contributed by atoms with Gasteiger partial charge in [-0.25, -0.2) is 0 Å². The minimum absolute atomic E-state index is 0.537. The third kappa shape index (κ3) is 3.92. The van der Waals surface area contributed by atoms with Gasteiger partial charge in [-0.3, -0.25) is 0 Å². The maximum atomic E-state index is 6.84. The molecule has 3 aliphatic rings. The molecule has 1 heterocycles. The summed E-state index contributed by atoms with van der Waals surface area (Å²) in [5.41, 5.74) is 16.5. The van der Waals surface area contributed by atoms with E-state index in [9.17, 15) is 0 Å². The first-order valence-corrected chi connectivity index (χ1v) is 19.2. The lowest BCUT2D eigenvalue weighted by Gasteiger charge is -2.40. The molecule has 1 aliphatic heterocycles. The Balaban J connectivity index is 1.17. The van der Waals surface area contributed by atoms with E-state index in [1.165, 1.54) is 88.7 Å². The molecule has 0 aromatic heterocycles. The van der Waals surface area contributed by atoms with Gasteiger partial charge in [0.05, 0.1) is 10.8 Å². The summed E-state index contributed by atoms with van der Waals surface area (Å²) in [5, 5.41) is 2.50. The minimum atomic E-state index is -0.558. The van der Waals surface area contributed by atoms with Crippen LogP contribution in [0.3, 0.4) is 0 Å². The zero-order valence-corrected chi connectivity index (χ0v) is 30.0. The van der Waals surface area contributed by atoms with Crippen LogP contribution >= 0.6 is 0 Å². The van der Waals surface area contributed by atoms with Crippen molar-refractivity contribution in [1.29, 1.82) is 0 Å². The van der Waals surface area contributed by atoms with Gasteiger partial charge in [-0.2, -0.15) is 0 Å². The monoisotopic (exact) mass is 698 g/mol. The van der Waals surface area contributed by atoms with Crippen molar-refractivity contribution in [2.75, 3.05) is 0 Å². The highest BCUT2D eigenvalue weighted by Crippen LogP contribution is 2.63. The van der Waals surface area contributed by atoms with Gasteiger partial charge < -0.3 is 4.74 Å². The molecular weight excluding hydrogens is 665 g/mol. The maximum absolute atomic E-state index is 6.84. The van der Waals surface area contributed by atoms with Crippen LogP contribution in [0.2, 0.25) is 0 Å². The number of para-hydroxylation sites is 1. The molecule has 1 unspecified atom stereocenters. The van der Waals surface area contributed by atoms with Crippen molar-refractivity contribution in [3.05, 3.63) is 251 Å². The predicted molar refractivity (Wildman–Crippen MR) is 224 cm³/mol. The van der Waals surface area contributed by atoms with Gasteiger partial charge in [-0.05, 0) is 108 Å². The molecule has 9 aromatic rings. The summed E-state index contributed by atoms with van der Waals surface area (Å²) in [6, 6.07) is 76.4. The molecule has 1 heteroatoms. The van der Waals surface area contributed by atoms with E-state index in [4.69, 9.17) is 4.74 Å². The molecule has 1 atom stereocenters. The fraction of sp³-hybridized carbons (Fsp3) is 0.0370. The first kappa shape index (κ1) is 30.5. The topological polar surface area (TPSA) is 9.23 Å². The zero-order valence-electron chi connectivity index (χ0n) is 30.0. The Labute approximate surface area is 320 Å². The normalized spacial score (nSPS) is 16.4. The maximum Gasteiger partial charge on any atom is 0.132 e. The molecule has 0 radical (unpaired) electrons. The molecule has 55 heavy (non-hydrogen) atoms. The minimum Gasteiger partial charge on any atom is -0.457 e. The van der Waals surface area contributed by atoms with E-state index in [-0.39, 0.29) is 0 Å². The molecule has 0 saturated heterocycles. The van der Waals surface area contributed by atoms with E-state index in [0.717, 1.165) is 11.5 Å². The molecule has 1 spiro atoms. The molecule has 2 aliphatic carbocycles. The number of hydrogen-bond acceptors (Lipinski definition) is 1. The number of rotatable bonds is 3. The number of hydrogen-bond donors (Lipinski definition) is 0. The second-order valence-corrected chi connectivity index (χ2v) is 15.1. The Morgan fingerprint density at radius 2 is 0.745 bits per heavy atom. The zero-order chi connectivity index (χ0) is 36.1. The summed E-state index contributed by atoms with van der Waals surface area (Å²) in [7, 11) is 0. The van der Waals surface area contributed by atoms with Crippen molar-refractivity contribution in [2.45, 2.75) is 10.8 Å². The van der Waals surface area contributed by atoms with Crippen LogP contribution in [0.4, 0.5) is 0 Å². The SMILES string of the molecule is c1ccc(C2(c3ccccc3-c3ccc4c(c3)C3(c5ccccc5O4)c4ccccc4-c4ccccc43)c3ccccc3-c3cc4ccccc4cc32)cc1. The summed E-state index contributed by atoms with van der Waals surface area (Å²) in [5.74, 6) is 1.80. The Morgan fingerprint density at radius 3 is 1.42 bits per heavy atom. The van der Waals surface area contributed by atoms with Crippen molar-refractivity contribution in [2.24, 2.45) is 0 Å². The van der Waals surface area contributed by atoms with Gasteiger partial charge in [-0.15, -0.1) is 0 Å². The van der Waals surface area contributed by atoms with E-state index in [0.29, 0.717) is 0 Å². The number of ether oxygens (including phenoxy) is 1. The average Bonchev–Trinajstić information content (AvgIpc) is 3.71. The van der Waals surface area contributed by atoms with Crippen LogP contribution in [-0.2, 0) is 10.8 Å². The van der Waals surface area contributed by atoms with E-state index in [2.05, 4.69) is 206 Å². The lowest BCUT2D eigenvalue weighted by Crippen LogP contribution is -2.32. The molecule has 256 valence electrons. The van der Waals surface area contributed by atoms with Crippen LogP contribution in [0.25, 0.3) is 44.2 Å². The first-order valence-electron chi connectivity index (χ1n) is 19.2. The Bertz CT molecular complexity index is 2980. The van der Waals surface area contributed by atoms with Crippen LogP contribution in [0.15, 0.2) is 206 Å². The highest BCUT2D eigenvalue weighted by atomic mass is 16.5. The molecular formula is C54H34O. The van der Waals surface area contributed by atoms with E-state index >= 15 is 0 Å². The Kier molecular flexibility index (Phi) is 6.25. The Hall–Kier alpha value is -6.96. The number of fused-ring (bicyclic) bond motifs is 13. The van der Waals surface area contributed by atoms with Crippen LogP contribution in [0, 0.1) is 0 Å². The van der Waals surface area contributed by atoms with Gasteiger partial charge in [-0.1, -0.05) is 176 Å². The van der Waals surface area contributed by atoms with Crippen molar-refractivity contribution in [3.63, 3.8) is 0 Å². The molecule has 0 fully saturated rings. The number of benzene rings is 9. The standard InChI is InChI=1S/C54H34O/c1-2-18-38(19-3-1)53(45-25-11-9-23-42(45)43-32-35-16-4-5-17-36(35)33-49(43)53)44-24-10-6-20-39(44)37-30-31-52-50(34-37)54(48-28-14-15-29-51(48)55-52)46-26-12-7-21-40(46)41-22-8-13-27-47(41)54/h1-34H. The van der Waals surface area contributed by atoms with Crippen LogP contribution in [0.1, 0.15) is 44.5 Å². The molecule has 0 saturated carbocycles. The second kappa shape index (κ2) is 11.3. The highest BCUT2D eigenvalue weighted by Gasteiger charge is 2.52. The van der Waals surface area contributed by atoms with Crippen molar-refractivity contribution in [3.8, 4) is 44.9 Å². The van der Waals surface area contributed by atoms with Crippen LogP contribution in [0.5, 0.6) is 11.5 Å². The van der Waals surface area contributed by atoms with Gasteiger partial charge in [0.25, 0.3) is 0 Å². The highest BCUT2D eigenvalue weighted by molar-refractivity contribution is 5.97. The lowest BCUT2D eigenvalue weighted by atomic mass is 9.64. The molecule has 12 rings (SSSR count). The van der Waals surface area contributed by atoms with Crippen molar-refractivity contribution >= 4 is 10.8 Å². The summed E-state index contributed by atoms with van der Waals surface area (Å²) < 4.78 is 6.84. The second-order valence-electron chi connectivity index (χ2n) is 15.1. The van der Waals surface area contributed by atoms with E-state index in [1.807, 2.05) is 0 Å². The van der Waals surface area contributed by atoms with E-state index in [1.54, 1.807) is 0 Å². The molecule has 0 N–H and O–H groups in total. The Morgan fingerprint density at radius 1 is 0.273 bits per heavy atom. The third-order valence-electron chi connectivity index (χ3n) is 12.6. The molecule has 0 amide bonds. The van der Waals surface area contributed by atoms with Crippen molar-refractivity contribution < 1.29 is 4.74 Å². The average molecular weight is 699 g/mol. The van der Waals surface area contributed by atoms with Crippen LogP contribution < -0.4 is 4.74 Å². The van der Waals surface area contributed by atoms with Gasteiger partial charge in [0.1, 0.15) is 11.5 Å². The molecule has 1 nitrogen and oxygen atoms in total. The van der Waals surface area contributed by atoms with Gasteiger partial charge in [0.15, 0.2) is 0 Å². The largest absolute Gasteiger partial charge is 0.457 e. The third-order valence-corrected chi connectivity index (χ3v) is 12.6. The first-order chi connectivity index (χ1) is 27.3. The van der Waals surface area contributed by atoms with E-state index < -0.39 is 10.8 Å². The fourth-order valence-electron chi connectivity index (χ4n) is 10.5. The van der Waals surface area contributed by atoms with Crippen LogP contribution in [-0.4, -0.2) is 0 Å². The summed E-state index contributed by atoms with van der Waals surface area (Å²) >= 11 is 0. The predicted octanol–water partition coefficient (Wildman–Crippen LogP) is 13.3. The van der Waals surface area contributed by atoms with Gasteiger partial charge in [0, 0.05) is 11.1 Å². The summed E-state index contributed by atoms with van der Waals surface area (Å²) in [6.45, 7) is 0. The smallest absolute Gasteiger partial charge is 0.132 e.